The predicted molar refractivity (Wildman–Crippen MR) is 81.8 cm³/mol. The van der Waals surface area contributed by atoms with Crippen LogP contribution in [0, 0.1) is 11.3 Å². The maximum atomic E-state index is 5.27. The summed E-state index contributed by atoms with van der Waals surface area (Å²) in [6.45, 7) is 7.11. The van der Waals surface area contributed by atoms with Crippen LogP contribution in [0.1, 0.15) is 46.5 Å². The molecule has 1 N–H and O–H groups in total. The molecule has 0 aliphatic heterocycles. The molecule has 0 saturated heterocycles. The SMILES string of the molecule is COc1cccc(NC2CCC(C(C)(C)C)CC2)c1. The Hall–Kier alpha value is -1.18. The lowest BCUT2D eigenvalue weighted by atomic mass is 9.71. The Morgan fingerprint density at radius 1 is 1.11 bits per heavy atom. The van der Waals surface area contributed by atoms with E-state index in [4.69, 9.17) is 4.74 Å². The van der Waals surface area contributed by atoms with Crippen LogP contribution in [-0.4, -0.2) is 13.2 Å². The molecular formula is C17H27NO. The Kier molecular flexibility index (Phi) is 4.38. The van der Waals surface area contributed by atoms with Gasteiger partial charge in [-0.1, -0.05) is 26.8 Å². The topological polar surface area (TPSA) is 21.3 Å². The molecule has 2 rings (SSSR count). The zero-order chi connectivity index (χ0) is 13.9. The lowest BCUT2D eigenvalue weighted by Crippen LogP contribution is -2.31. The molecule has 1 aliphatic rings. The molecule has 0 heterocycles. The van der Waals surface area contributed by atoms with Crippen LogP contribution in [0.5, 0.6) is 5.75 Å². The number of methoxy groups -OCH3 is 1. The average Bonchev–Trinajstić information content (AvgIpc) is 2.38. The van der Waals surface area contributed by atoms with Crippen LogP contribution < -0.4 is 10.1 Å². The second-order valence-corrected chi connectivity index (χ2v) is 6.79. The highest BCUT2D eigenvalue weighted by Crippen LogP contribution is 2.38. The van der Waals surface area contributed by atoms with Crippen LogP contribution in [0.4, 0.5) is 5.69 Å². The van der Waals surface area contributed by atoms with Crippen molar-refractivity contribution in [1.82, 2.24) is 0 Å². The van der Waals surface area contributed by atoms with Crippen molar-refractivity contribution in [2.45, 2.75) is 52.5 Å². The third kappa shape index (κ3) is 3.89. The second-order valence-electron chi connectivity index (χ2n) is 6.79. The number of hydrogen-bond acceptors (Lipinski definition) is 2. The number of benzene rings is 1. The molecule has 19 heavy (non-hydrogen) atoms. The molecule has 106 valence electrons. The number of nitrogens with one attached hydrogen (secondary N) is 1. The third-order valence-electron chi connectivity index (χ3n) is 4.39. The lowest BCUT2D eigenvalue weighted by Gasteiger charge is -2.37. The summed E-state index contributed by atoms with van der Waals surface area (Å²) in [5.41, 5.74) is 1.64. The lowest BCUT2D eigenvalue weighted by molar-refractivity contribution is 0.173. The number of ether oxygens (including phenoxy) is 1. The fourth-order valence-corrected chi connectivity index (χ4v) is 3.05. The number of rotatable bonds is 3. The van der Waals surface area contributed by atoms with Gasteiger partial charge in [-0.15, -0.1) is 0 Å². The molecule has 1 aromatic carbocycles. The normalized spacial score (nSPS) is 24.0. The summed E-state index contributed by atoms with van der Waals surface area (Å²) in [5, 5.41) is 3.65. The minimum Gasteiger partial charge on any atom is -0.497 e. The minimum absolute atomic E-state index is 0.459. The summed E-state index contributed by atoms with van der Waals surface area (Å²) in [6.07, 6.45) is 5.23. The van der Waals surface area contributed by atoms with Crippen LogP contribution in [0.15, 0.2) is 24.3 Å². The first-order chi connectivity index (χ1) is 8.99. The molecular weight excluding hydrogens is 234 g/mol. The first kappa shape index (κ1) is 14.2. The molecule has 0 aromatic heterocycles. The van der Waals surface area contributed by atoms with Crippen molar-refractivity contribution in [3.05, 3.63) is 24.3 Å². The van der Waals surface area contributed by atoms with Gasteiger partial charge >= 0.3 is 0 Å². The van der Waals surface area contributed by atoms with E-state index in [9.17, 15) is 0 Å². The average molecular weight is 261 g/mol. The van der Waals surface area contributed by atoms with Gasteiger partial charge < -0.3 is 10.1 Å². The molecule has 0 amide bonds. The first-order valence-electron chi connectivity index (χ1n) is 7.39. The molecule has 2 heteroatoms. The van der Waals surface area contributed by atoms with E-state index in [1.54, 1.807) is 7.11 Å². The fourth-order valence-electron chi connectivity index (χ4n) is 3.05. The van der Waals surface area contributed by atoms with Gasteiger partial charge in [0.2, 0.25) is 0 Å². The van der Waals surface area contributed by atoms with E-state index >= 15 is 0 Å². The van der Waals surface area contributed by atoms with Crippen LogP contribution in [0.25, 0.3) is 0 Å². The third-order valence-corrected chi connectivity index (χ3v) is 4.39. The summed E-state index contributed by atoms with van der Waals surface area (Å²) < 4.78 is 5.27. The largest absolute Gasteiger partial charge is 0.497 e. The van der Waals surface area contributed by atoms with Gasteiger partial charge in [-0.25, -0.2) is 0 Å². The van der Waals surface area contributed by atoms with E-state index in [2.05, 4.69) is 38.2 Å². The van der Waals surface area contributed by atoms with E-state index in [0.29, 0.717) is 11.5 Å². The van der Waals surface area contributed by atoms with Crippen molar-refractivity contribution < 1.29 is 4.74 Å². The molecule has 0 unspecified atom stereocenters. The molecule has 1 aromatic rings. The second kappa shape index (κ2) is 5.85. The van der Waals surface area contributed by atoms with Crippen LogP contribution in [0.3, 0.4) is 0 Å². The monoisotopic (exact) mass is 261 g/mol. The number of hydrogen-bond donors (Lipinski definition) is 1. The minimum atomic E-state index is 0.459. The highest BCUT2D eigenvalue weighted by atomic mass is 16.5. The van der Waals surface area contributed by atoms with Crippen molar-refractivity contribution in [3.8, 4) is 5.75 Å². The smallest absolute Gasteiger partial charge is 0.120 e. The molecule has 1 fully saturated rings. The molecule has 0 radical (unpaired) electrons. The highest BCUT2D eigenvalue weighted by Gasteiger charge is 2.29. The Labute approximate surface area is 117 Å². The quantitative estimate of drug-likeness (QED) is 0.850. The highest BCUT2D eigenvalue weighted by molar-refractivity contribution is 5.48. The van der Waals surface area contributed by atoms with Crippen molar-refractivity contribution in [3.63, 3.8) is 0 Å². The Bertz CT molecular complexity index is 400. The van der Waals surface area contributed by atoms with Crippen molar-refractivity contribution in [2.24, 2.45) is 11.3 Å². The van der Waals surface area contributed by atoms with E-state index in [1.807, 2.05) is 12.1 Å². The van der Waals surface area contributed by atoms with Gasteiger partial charge in [-0.2, -0.15) is 0 Å². The van der Waals surface area contributed by atoms with E-state index < -0.39 is 0 Å². The van der Waals surface area contributed by atoms with Crippen molar-refractivity contribution in [2.75, 3.05) is 12.4 Å². The van der Waals surface area contributed by atoms with E-state index in [0.717, 1.165) is 11.7 Å². The molecule has 0 bridgehead atoms. The summed E-state index contributed by atoms with van der Waals surface area (Å²) in [5.74, 6) is 1.80. The van der Waals surface area contributed by atoms with Gasteiger partial charge in [0.1, 0.15) is 5.75 Å². The summed E-state index contributed by atoms with van der Waals surface area (Å²) in [6, 6.07) is 8.85. The van der Waals surface area contributed by atoms with Gasteiger partial charge in [0.05, 0.1) is 7.11 Å². The van der Waals surface area contributed by atoms with Crippen molar-refractivity contribution in [1.29, 1.82) is 0 Å². The van der Waals surface area contributed by atoms with E-state index in [-0.39, 0.29) is 0 Å². The van der Waals surface area contributed by atoms with Gasteiger partial charge in [-0.05, 0) is 49.1 Å². The first-order valence-corrected chi connectivity index (χ1v) is 7.39. The van der Waals surface area contributed by atoms with Gasteiger partial charge in [0.25, 0.3) is 0 Å². The van der Waals surface area contributed by atoms with Crippen LogP contribution >= 0.6 is 0 Å². The fraction of sp³-hybridized carbons (Fsp3) is 0.647. The summed E-state index contributed by atoms with van der Waals surface area (Å²) in [7, 11) is 1.72. The van der Waals surface area contributed by atoms with Gasteiger partial charge in [0.15, 0.2) is 0 Å². The predicted octanol–water partition coefficient (Wildman–Crippen LogP) is 4.71. The van der Waals surface area contributed by atoms with Crippen molar-refractivity contribution >= 4 is 5.69 Å². The Balaban J connectivity index is 1.88. The van der Waals surface area contributed by atoms with Gasteiger partial charge in [-0.3, -0.25) is 0 Å². The molecule has 2 nitrogen and oxygen atoms in total. The zero-order valence-electron chi connectivity index (χ0n) is 12.7. The standard InChI is InChI=1S/C17H27NO/c1-17(2,3)13-8-10-14(11-9-13)18-15-6-5-7-16(12-15)19-4/h5-7,12-14,18H,8-11H2,1-4H3. The maximum absolute atomic E-state index is 5.27. The van der Waals surface area contributed by atoms with Crippen LogP contribution in [0.2, 0.25) is 0 Å². The summed E-state index contributed by atoms with van der Waals surface area (Å²) >= 11 is 0. The maximum Gasteiger partial charge on any atom is 0.120 e. The van der Waals surface area contributed by atoms with Crippen LogP contribution in [-0.2, 0) is 0 Å². The molecule has 0 atom stereocenters. The molecule has 1 aliphatic carbocycles. The zero-order valence-corrected chi connectivity index (χ0v) is 12.7. The summed E-state index contributed by atoms with van der Waals surface area (Å²) in [4.78, 5) is 0. The molecule has 0 spiro atoms. The van der Waals surface area contributed by atoms with E-state index in [1.165, 1.54) is 31.4 Å². The Morgan fingerprint density at radius 3 is 2.37 bits per heavy atom. The molecule has 1 saturated carbocycles. The number of anilines is 1. The van der Waals surface area contributed by atoms with Gasteiger partial charge in [0, 0.05) is 17.8 Å². The Morgan fingerprint density at radius 2 is 1.79 bits per heavy atom.